The van der Waals surface area contributed by atoms with Crippen molar-refractivity contribution in [2.75, 3.05) is 13.1 Å². The van der Waals surface area contributed by atoms with Crippen LogP contribution in [-0.4, -0.2) is 48.9 Å². The average Bonchev–Trinajstić information content (AvgIpc) is 2.76. The molecule has 0 aliphatic rings. The van der Waals surface area contributed by atoms with Gasteiger partial charge in [-0.25, -0.2) is 9.59 Å². The van der Waals surface area contributed by atoms with E-state index in [1.54, 1.807) is 0 Å². The molecule has 0 aliphatic carbocycles. The summed E-state index contributed by atoms with van der Waals surface area (Å²) in [6.07, 6.45) is 11.1. The van der Waals surface area contributed by atoms with E-state index in [9.17, 15) is 19.2 Å². The van der Waals surface area contributed by atoms with Crippen LogP contribution in [-0.2, 0) is 23.9 Å². The van der Waals surface area contributed by atoms with E-state index in [0.717, 1.165) is 51.4 Å². The van der Waals surface area contributed by atoms with Gasteiger partial charge in [0.15, 0.2) is 0 Å². The first-order chi connectivity index (χ1) is 15.8. The Balaban J connectivity index is 4.78. The average molecular weight is 471 g/mol. The summed E-state index contributed by atoms with van der Waals surface area (Å²) in [4.78, 5) is 47.7. The third-order valence-electron chi connectivity index (χ3n) is 5.47. The molecule has 0 aromatic carbocycles. The molecule has 9 heteroatoms. The fraction of sp³-hybridized carbons (Fsp3) is 0.833. The van der Waals surface area contributed by atoms with Crippen molar-refractivity contribution in [3.8, 4) is 0 Å². The van der Waals surface area contributed by atoms with Crippen LogP contribution in [0.5, 0.6) is 0 Å². The molecule has 0 saturated carbocycles. The predicted molar refractivity (Wildman–Crippen MR) is 129 cm³/mol. The van der Waals surface area contributed by atoms with E-state index in [4.69, 9.17) is 16.2 Å². The molecular weight excluding hydrogens is 424 g/mol. The van der Waals surface area contributed by atoms with Crippen molar-refractivity contribution >= 4 is 23.8 Å². The molecule has 0 fully saturated rings. The number of nitrogens with one attached hydrogen (secondary N) is 2. The summed E-state index contributed by atoms with van der Waals surface area (Å²) in [5, 5.41) is 6.18. The lowest BCUT2D eigenvalue weighted by Crippen LogP contribution is -2.45. The van der Waals surface area contributed by atoms with Gasteiger partial charge in [0.25, 0.3) is 0 Å². The normalized spacial score (nSPS) is 12.8. The highest BCUT2D eigenvalue weighted by Gasteiger charge is 2.27. The molecule has 0 aromatic rings. The first-order valence-electron chi connectivity index (χ1n) is 12.6. The topological polar surface area (TPSA) is 154 Å². The minimum atomic E-state index is -0.793. The number of hydrogen-bond donors (Lipinski definition) is 4. The van der Waals surface area contributed by atoms with Crippen LogP contribution in [0.4, 0.5) is 0 Å². The highest BCUT2D eigenvalue weighted by Crippen LogP contribution is 2.08. The fourth-order valence-electron chi connectivity index (χ4n) is 3.43. The van der Waals surface area contributed by atoms with Crippen molar-refractivity contribution in [1.29, 1.82) is 0 Å². The van der Waals surface area contributed by atoms with Crippen LogP contribution in [0.15, 0.2) is 0 Å². The third-order valence-corrected chi connectivity index (χ3v) is 5.47. The summed E-state index contributed by atoms with van der Waals surface area (Å²) in [6, 6.07) is -1.59. The van der Waals surface area contributed by atoms with Gasteiger partial charge in [-0.05, 0) is 38.8 Å². The lowest BCUT2D eigenvalue weighted by molar-refractivity contribution is -0.162. The van der Waals surface area contributed by atoms with Crippen LogP contribution in [0, 0.1) is 0 Å². The number of primary amides is 2. The van der Waals surface area contributed by atoms with Gasteiger partial charge >= 0.3 is 11.9 Å². The molecule has 0 rings (SSSR count). The predicted octanol–water partition coefficient (Wildman–Crippen LogP) is 2.44. The van der Waals surface area contributed by atoms with E-state index in [-0.39, 0.29) is 25.7 Å². The SMILES string of the molecule is CCCCCCCN[C@@H](CCC(N)=O)C(=O)OC(=O)[C@H](CCC(N)=O)NCCCCCCC. The Hall–Kier alpha value is -2.00. The summed E-state index contributed by atoms with van der Waals surface area (Å²) < 4.78 is 5.12. The second kappa shape index (κ2) is 20.6. The highest BCUT2D eigenvalue weighted by atomic mass is 16.6. The minimum Gasteiger partial charge on any atom is -0.391 e. The Morgan fingerprint density at radius 2 is 1.00 bits per heavy atom. The molecule has 0 aliphatic heterocycles. The minimum absolute atomic E-state index is 0.0118. The fourth-order valence-corrected chi connectivity index (χ4v) is 3.43. The van der Waals surface area contributed by atoms with E-state index in [1.165, 1.54) is 12.8 Å². The van der Waals surface area contributed by atoms with Gasteiger partial charge in [0.05, 0.1) is 0 Å². The van der Waals surface area contributed by atoms with Crippen molar-refractivity contribution in [1.82, 2.24) is 10.6 Å². The van der Waals surface area contributed by atoms with Gasteiger partial charge in [-0.3, -0.25) is 9.59 Å². The quantitative estimate of drug-likeness (QED) is 0.108. The largest absolute Gasteiger partial charge is 0.391 e. The molecule has 0 aromatic heterocycles. The second-order valence-corrected chi connectivity index (χ2v) is 8.59. The molecule has 6 N–H and O–H groups in total. The zero-order chi connectivity index (χ0) is 24.9. The molecule has 0 spiro atoms. The molecule has 0 radical (unpaired) electrons. The smallest absolute Gasteiger partial charge is 0.330 e. The van der Waals surface area contributed by atoms with E-state index in [0.29, 0.717) is 13.1 Å². The maximum Gasteiger partial charge on any atom is 0.330 e. The Labute approximate surface area is 199 Å². The summed E-state index contributed by atoms with van der Waals surface area (Å²) in [7, 11) is 0. The Bertz CT molecular complexity index is 523. The molecule has 0 heterocycles. The summed E-state index contributed by atoms with van der Waals surface area (Å²) >= 11 is 0. The van der Waals surface area contributed by atoms with E-state index < -0.39 is 35.8 Å². The third kappa shape index (κ3) is 18.1. The van der Waals surface area contributed by atoms with Crippen LogP contribution in [0.25, 0.3) is 0 Å². The Morgan fingerprint density at radius 3 is 1.33 bits per heavy atom. The highest BCUT2D eigenvalue weighted by molar-refractivity contribution is 5.91. The Morgan fingerprint density at radius 1 is 0.636 bits per heavy atom. The first kappa shape index (κ1) is 31.0. The van der Waals surface area contributed by atoms with E-state index in [2.05, 4.69) is 24.5 Å². The molecule has 9 nitrogen and oxygen atoms in total. The second-order valence-electron chi connectivity index (χ2n) is 8.59. The maximum absolute atomic E-state index is 12.6. The maximum atomic E-state index is 12.6. The van der Waals surface area contributed by atoms with E-state index >= 15 is 0 Å². The van der Waals surface area contributed by atoms with Crippen LogP contribution >= 0.6 is 0 Å². The van der Waals surface area contributed by atoms with Crippen LogP contribution in [0.3, 0.4) is 0 Å². The molecule has 2 amide bonds. The zero-order valence-corrected chi connectivity index (χ0v) is 20.7. The first-order valence-corrected chi connectivity index (χ1v) is 12.6. The standard InChI is InChI=1S/C24H46N4O5/c1-3-5-7-9-11-17-27-19(13-15-21(25)29)23(31)33-24(32)20(14-16-22(26)30)28-18-12-10-8-6-4-2/h19-20,27-28H,3-18H2,1-2H3,(H2,25,29)(H2,26,30)/t19-,20-/m0/s1. The monoisotopic (exact) mass is 470 g/mol. The molecule has 0 unspecified atom stereocenters. The molecular formula is C24H46N4O5. The summed E-state index contributed by atoms with van der Waals surface area (Å²) in [5.74, 6) is -2.51. The number of amides is 2. The van der Waals surface area contributed by atoms with Gasteiger partial charge in [-0.1, -0.05) is 65.2 Å². The van der Waals surface area contributed by atoms with Crippen molar-refractivity contribution in [3.63, 3.8) is 0 Å². The van der Waals surface area contributed by atoms with Crippen molar-refractivity contribution in [3.05, 3.63) is 0 Å². The number of hydrogen-bond acceptors (Lipinski definition) is 7. The van der Waals surface area contributed by atoms with Gasteiger partial charge in [0.2, 0.25) is 11.8 Å². The number of unbranched alkanes of at least 4 members (excludes halogenated alkanes) is 8. The van der Waals surface area contributed by atoms with Crippen molar-refractivity contribution in [2.24, 2.45) is 11.5 Å². The summed E-state index contributed by atoms with van der Waals surface area (Å²) in [6.45, 7) is 5.45. The Kier molecular flexibility index (Phi) is 19.3. The summed E-state index contributed by atoms with van der Waals surface area (Å²) in [5.41, 5.74) is 10.5. The van der Waals surface area contributed by atoms with Crippen molar-refractivity contribution in [2.45, 2.75) is 116 Å². The number of carbonyl (C=O) groups is 4. The molecule has 2 atom stereocenters. The van der Waals surface area contributed by atoms with Gasteiger partial charge < -0.3 is 26.8 Å². The molecule has 192 valence electrons. The molecule has 33 heavy (non-hydrogen) atoms. The lowest BCUT2D eigenvalue weighted by atomic mass is 10.1. The van der Waals surface area contributed by atoms with Crippen LogP contribution in [0.2, 0.25) is 0 Å². The number of ether oxygens (including phenoxy) is 1. The number of carbonyl (C=O) groups excluding carboxylic acids is 4. The van der Waals surface area contributed by atoms with Crippen molar-refractivity contribution < 1.29 is 23.9 Å². The number of nitrogens with two attached hydrogens (primary N) is 2. The lowest BCUT2D eigenvalue weighted by Gasteiger charge is -2.20. The van der Waals surface area contributed by atoms with Gasteiger partial charge in [-0.2, -0.15) is 0 Å². The van der Waals surface area contributed by atoms with E-state index in [1.807, 2.05) is 0 Å². The van der Waals surface area contributed by atoms with Gasteiger partial charge in [0.1, 0.15) is 12.1 Å². The molecule has 0 bridgehead atoms. The molecule has 0 saturated heterocycles. The number of rotatable bonds is 22. The van der Waals surface area contributed by atoms with Crippen LogP contribution in [0.1, 0.15) is 104 Å². The van der Waals surface area contributed by atoms with Gasteiger partial charge in [0, 0.05) is 12.8 Å². The van der Waals surface area contributed by atoms with Gasteiger partial charge in [-0.15, -0.1) is 0 Å². The zero-order valence-electron chi connectivity index (χ0n) is 20.7. The number of esters is 2. The van der Waals surface area contributed by atoms with Crippen LogP contribution < -0.4 is 22.1 Å².